The van der Waals surface area contributed by atoms with E-state index in [1.807, 2.05) is 31.2 Å². The van der Waals surface area contributed by atoms with Crippen molar-refractivity contribution in [1.29, 1.82) is 0 Å². The Labute approximate surface area is 125 Å². The predicted octanol–water partition coefficient (Wildman–Crippen LogP) is 2.54. The van der Waals surface area contributed by atoms with Crippen LogP contribution in [0.1, 0.15) is 31.5 Å². The number of aromatic nitrogens is 1. The van der Waals surface area contributed by atoms with Gasteiger partial charge in [-0.05, 0) is 30.9 Å². The van der Waals surface area contributed by atoms with Gasteiger partial charge in [-0.15, -0.1) is 0 Å². The summed E-state index contributed by atoms with van der Waals surface area (Å²) >= 11 is 0. The van der Waals surface area contributed by atoms with Gasteiger partial charge in [-0.25, -0.2) is 0 Å². The Kier molecular flexibility index (Phi) is 5.02. The highest BCUT2D eigenvalue weighted by molar-refractivity contribution is 5.90. The van der Waals surface area contributed by atoms with Crippen molar-refractivity contribution in [2.75, 3.05) is 6.61 Å². The number of aliphatic hydroxyl groups excluding tert-OH is 1. The molecule has 0 bridgehead atoms. The van der Waals surface area contributed by atoms with E-state index in [0.717, 1.165) is 22.2 Å². The molecule has 1 unspecified atom stereocenters. The minimum absolute atomic E-state index is 0.00926. The van der Waals surface area contributed by atoms with Crippen LogP contribution >= 0.6 is 0 Å². The van der Waals surface area contributed by atoms with Crippen LogP contribution in [0.25, 0.3) is 10.9 Å². The number of rotatable bonds is 6. The number of hydrogen-bond acceptors (Lipinski definition) is 2. The van der Waals surface area contributed by atoms with Crippen LogP contribution in [0.3, 0.4) is 0 Å². The van der Waals surface area contributed by atoms with Crippen molar-refractivity contribution in [3.63, 3.8) is 0 Å². The molecule has 4 heteroatoms. The highest BCUT2D eigenvalue weighted by Gasteiger charge is 2.18. The van der Waals surface area contributed by atoms with Gasteiger partial charge < -0.3 is 15.4 Å². The Hall–Kier alpha value is -1.81. The average Bonchev–Trinajstić information content (AvgIpc) is 2.75. The Morgan fingerprint density at radius 3 is 2.71 bits per heavy atom. The van der Waals surface area contributed by atoms with Crippen LogP contribution < -0.4 is 5.32 Å². The number of fused-ring (bicyclic) bond motifs is 1. The van der Waals surface area contributed by atoms with E-state index in [0.29, 0.717) is 18.8 Å². The van der Waals surface area contributed by atoms with Crippen LogP contribution in [0, 0.1) is 12.8 Å². The fourth-order valence-corrected chi connectivity index (χ4v) is 2.69. The largest absolute Gasteiger partial charge is 0.396 e. The van der Waals surface area contributed by atoms with Gasteiger partial charge in [-0.1, -0.05) is 32.0 Å². The van der Waals surface area contributed by atoms with Crippen molar-refractivity contribution in [1.82, 2.24) is 10.3 Å². The summed E-state index contributed by atoms with van der Waals surface area (Å²) in [6, 6.07) is 8.05. The van der Waals surface area contributed by atoms with Gasteiger partial charge in [0.2, 0.25) is 5.91 Å². The van der Waals surface area contributed by atoms with Gasteiger partial charge >= 0.3 is 0 Å². The molecule has 0 aliphatic heterocycles. The molecule has 0 aliphatic carbocycles. The smallest absolute Gasteiger partial charge is 0.224 e. The van der Waals surface area contributed by atoms with Crippen molar-refractivity contribution >= 4 is 16.8 Å². The lowest BCUT2D eigenvalue weighted by Crippen LogP contribution is -2.40. The zero-order chi connectivity index (χ0) is 15.4. The number of aliphatic hydroxyl groups is 1. The van der Waals surface area contributed by atoms with E-state index in [-0.39, 0.29) is 18.6 Å². The maximum atomic E-state index is 12.3. The molecule has 1 aromatic heterocycles. The van der Waals surface area contributed by atoms with Gasteiger partial charge in [0.15, 0.2) is 0 Å². The second kappa shape index (κ2) is 6.76. The fraction of sp³-hybridized carbons (Fsp3) is 0.471. The number of para-hydroxylation sites is 1. The van der Waals surface area contributed by atoms with Crippen LogP contribution in [0.15, 0.2) is 24.3 Å². The fourth-order valence-electron chi connectivity index (χ4n) is 2.69. The minimum Gasteiger partial charge on any atom is -0.396 e. The quantitative estimate of drug-likeness (QED) is 0.765. The predicted molar refractivity (Wildman–Crippen MR) is 85.2 cm³/mol. The van der Waals surface area contributed by atoms with E-state index in [1.54, 1.807) is 0 Å². The summed E-state index contributed by atoms with van der Waals surface area (Å²) < 4.78 is 0. The summed E-state index contributed by atoms with van der Waals surface area (Å²) in [7, 11) is 0. The standard InChI is InChI=1S/C17H24N2O2/c1-11(2)15(8-9-20)19-17(21)10-14-12(3)18-16-7-5-4-6-13(14)16/h4-7,11,15,18,20H,8-10H2,1-3H3,(H,19,21). The van der Waals surface area contributed by atoms with Gasteiger partial charge in [-0.3, -0.25) is 4.79 Å². The normalized spacial score (nSPS) is 12.8. The number of aromatic amines is 1. The number of benzene rings is 1. The SMILES string of the molecule is Cc1[nH]c2ccccc2c1CC(=O)NC(CCO)C(C)C. The monoisotopic (exact) mass is 288 g/mol. The lowest BCUT2D eigenvalue weighted by Gasteiger charge is -2.21. The average molecular weight is 288 g/mol. The maximum Gasteiger partial charge on any atom is 0.224 e. The zero-order valence-electron chi connectivity index (χ0n) is 12.9. The third kappa shape index (κ3) is 3.64. The van der Waals surface area contributed by atoms with Crippen molar-refractivity contribution in [3.05, 3.63) is 35.5 Å². The van der Waals surface area contributed by atoms with E-state index in [4.69, 9.17) is 5.11 Å². The summed E-state index contributed by atoms with van der Waals surface area (Å²) in [5, 5.41) is 13.2. The Balaban J connectivity index is 2.12. The zero-order valence-corrected chi connectivity index (χ0v) is 12.9. The van der Waals surface area contributed by atoms with E-state index in [2.05, 4.69) is 24.1 Å². The summed E-state index contributed by atoms with van der Waals surface area (Å²) in [6.45, 7) is 6.20. The number of carbonyl (C=O) groups excluding carboxylic acids is 1. The highest BCUT2D eigenvalue weighted by Crippen LogP contribution is 2.22. The number of nitrogens with one attached hydrogen (secondary N) is 2. The van der Waals surface area contributed by atoms with Crippen LogP contribution in [-0.2, 0) is 11.2 Å². The van der Waals surface area contributed by atoms with Crippen LogP contribution in [0.5, 0.6) is 0 Å². The lowest BCUT2D eigenvalue weighted by molar-refractivity contribution is -0.121. The first-order chi connectivity index (χ1) is 10.0. The van der Waals surface area contributed by atoms with Gasteiger partial charge in [0.25, 0.3) is 0 Å². The van der Waals surface area contributed by atoms with Gasteiger partial charge in [0.1, 0.15) is 0 Å². The van der Waals surface area contributed by atoms with E-state index < -0.39 is 0 Å². The summed E-state index contributed by atoms with van der Waals surface area (Å²) in [5.41, 5.74) is 3.15. The lowest BCUT2D eigenvalue weighted by atomic mass is 10.0. The van der Waals surface area contributed by atoms with Crippen molar-refractivity contribution in [2.45, 2.75) is 39.7 Å². The highest BCUT2D eigenvalue weighted by atomic mass is 16.3. The third-order valence-corrected chi connectivity index (χ3v) is 3.96. The molecule has 0 saturated heterocycles. The van der Waals surface area contributed by atoms with Gasteiger partial charge in [0.05, 0.1) is 6.42 Å². The number of amides is 1. The second-order valence-corrected chi connectivity index (χ2v) is 5.88. The molecule has 1 atom stereocenters. The molecule has 2 aromatic rings. The molecular formula is C17H24N2O2. The van der Waals surface area contributed by atoms with Gasteiger partial charge in [-0.2, -0.15) is 0 Å². The molecule has 0 spiro atoms. The molecule has 3 N–H and O–H groups in total. The summed E-state index contributed by atoms with van der Waals surface area (Å²) in [4.78, 5) is 15.6. The molecule has 4 nitrogen and oxygen atoms in total. The molecule has 1 amide bonds. The number of H-pyrrole nitrogens is 1. The minimum atomic E-state index is 0.00926. The molecular weight excluding hydrogens is 264 g/mol. The number of aryl methyl sites for hydroxylation is 1. The van der Waals surface area contributed by atoms with Crippen LogP contribution in [-0.4, -0.2) is 28.6 Å². The third-order valence-electron chi connectivity index (χ3n) is 3.96. The van der Waals surface area contributed by atoms with Crippen LogP contribution in [0.4, 0.5) is 0 Å². The molecule has 1 heterocycles. The Bertz CT molecular complexity index is 616. The number of hydrogen-bond donors (Lipinski definition) is 3. The van der Waals surface area contributed by atoms with Gasteiger partial charge in [0, 0.05) is 29.2 Å². The first-order valence-electron chi connectivity index (χ1n) is 7.49. The van der Waals surface area contributed by atoms with Crippen LogP contribution in [0.2, 0.25) is 0 Å². The summed E-state index contributed by atoms with van der Waals surface area (Å²) in [6.07, 6.45) is 0.959. The van der Waals surface area contributed by atoms with Crippen molar-refractivity contribution < 1.29 is 9.90 Å². The first-order valence-corrected chi connectivity index (χ1v) is 7.49. The van der Waals surface area contributed by atoms with E-state index in [9.17, 15) is 4.79 Å². The first kappa shape index (κ1) is 15.6. The summed E-state index contributed by atoms with van der Waals surface area (Å²) in [5.74, 6) is 0.320. The molecule has 21 heavy (non-hydrogen) atoms. The molecule has 2 rings (SSSR count). The molecule has 0 saturated carbocycles. The van der Waals surface area contributed by atoms with Crippen molar-refractivity contribution in [2.24, 2.45) is 5.92 Å². The number of carbonyl (C=O) groups is 1. The molecule has 0 aliphatic rings. The van der Waals surface area contributed by atoms with Crippen molar-refractivity contribution in [3.8, 4) is 0 Å². The van der Waals surface area contributed by atoms with E-state index >= 15 is 0 Å². The molecule has 114 valence electrons. The second-order valence-electron chi connectivity index (χ2n) is 5.88. The maximum absolute atomic E-state index is 12.3. The van der Waals surface area contributed by atoms with E-state index in [1.165, 1.54) is 0 Å². The Morgan fingerprint density at radius 2 is 2.05 bits per heavy atom. The molecule has 0 radical (unpaired) electrons. The molecule has 1 aromatic carbocycles. The topological polar surface area (TPSA) is 65.1 Å². The Morgan fingerprint density at radius 1 is 1.33 bits per heavy atom. The molecule has 0 fully saturated rings.